The maximum atomic E-state index is 12.3. The third kappa shape index (κ3) is 2.50. The van der Waals surface area contributed by atoms with Gasteiger partial charge >= 0.3 is 0 Å². The number of carbonyl (C=O) groups is 2. The molecular formula is C17H19N5O3. The van der Waals surface area contributed by atoms with E-state index in [1.54, 1.807) is 17.9 Å². The summed E-state index contributed by atoms with van der Waals surface area (Å²) in [6.45, 7) is 0.173. The van der Waals surface area contributed by atoms with Crippen molar-refractivity contribution in [1.82, 2.24) is 25.7 Å². The number of aliphatic hydroxyl groups is 1. The maximum Gasteiger partial charge on any atom is 0.248 e. The van der Waals surface area contributed by atoms with Gasteiger partial charge in [0, 0.05) is 18.8 Å². The first-order chi connectivity index (χ1) is 12.0. The van der Waals surface area contributed by atoms with Gasteiger partial charge in [-0.2, -0.15) is 5.10 Å². The van der Waals surface area contributed by atoms with E-state index in [9.17, 15) is 14.7 Å². The van der Waals surface area contributed by atoms with E-state index in [1.807, 2.05) is 24.4 Å². The zero-order chi connectivity index (χ0) is 17.6. The molecule has 1 spiro atoms. The van der Waals surface area contributed by atoms with E-state index in [-0.39, 0.29) is 18.4 Å². The first-order valence-corrected chi connectivity index (χ1v) is 8.15. The lowest BCUT2D eigenvalue weighted by molar-refractivity contribution is -0.125. The summed E-state index contributed by atoms with van der Waals surface area (Å²) in [7, 11) is 1.59. The summed E-state index contributed by atoms with van der Waals surface area (Å²) < 4.78 is 1.59. The second kappa shape index (κ2) is 5.68. The Hall–Kier alpha value is -2.71. The van der Waals surface area contributed by atoms with Gasteiger partial charge in [-0.15, -0.1) is 0 Å². The number of aliphatic hydroxyl groups excluding tert-OH is 1. The molecule has 0 saturated carbocycles. The number of likely N-dealkylation sites (N-methyl/N-ethyl adjacent to an activating group) is 1. The third-order valence-electron chi connectivity index (χ3n) is 4.92. The van der Waals surface area contributed by atoms with Gasteiger partial charge in [0.25, 0.3) is 0 Å². The number of nitrogens with zero attached hydrogens (tertiary/aromatic N) is 2. The van der Waals surface area contributed by atoms with Crippen molar-refractivity contribution in [3.05, 3.63) is 41.7 Å². The number of fused-ring (bicyclic) bond motifs is 2. The van der Waals surface area contributed by atoms with Gasteiger partial charge in [0.2, 0.25) is 11.8 Å². The highest BCUT2D eigenvalue weighted by Gasteiger charge is 2.50. The van der Waals surface area contributed by atoms with Crippen LogP contribution in [-0.4, -0.2) is 40.1 Å². The van der Waals surface area contributed by atoms with E-state index in [1.165, 1.54) is 0 Å². The lowest BCUT2D eigenvalue weighted by Gasteiger charge is -2.22. The van der Waals surface area contributed by atoms with Gasteiger partial charge in [-0.05, 0) is 29.5 Å². The van der Waals surface area contributed by atoms with Gasteiger partial charge in [0.15, 0.2) is 6.35 Å². The van der Waals surface area contributed by atoms with Crippen LogP contribution >= 0.6 is 0 Å². The number of amides is 2. The number of rotatable bonds is 3. The molecule has 2 aliphatic rings. The molecule has 1 saturated heterocycles. The number of benzene rings is 1. The van der Waals surface area contributed by atoms with Crippen LogP contribution < -0.4 is 16.0 Å². The Kier molecular flexibility index (Phi) is 3.59. The molecule has 1 aliphatic heterocycles. The summed E-state index contributed by atoms with van der Waals surface area (Å²) in [5, 5.41) is 22.0. The molecule has 1 aromatic heterocycles. The predicted molar refractivity (Wildman–Crippen MR) is 89.0 cm³/mol. The van der Waals surface area contributed by atoms with Gasteiger partial charge in [-0.25, -0.2) is 0 Å². The maximum absolute atomic E-state index is 12.3. The van der Waals surface area contributed by atoms with Gasteiger partial charge < -0.3 is 15.7 Å². The molecule has 1 fully saturated rings. The molecule has 1 aliphatic carbocycles. The molecule has 2 aromatic rings. The average Bonchev–Trinajstić information content (AvgIpc) is 3.27. The fourth-order valence-electron chi connectivity index (χ4n) is 3.65. The van der Waals surface area contributed by atoms with E-state index < -0.39 is 11.9 Å². The second-order valence-electron chi connectivity index (χ2n) is 6.40. The van der Waals surface area contributed by atoms with Crippen LogP contribution in [0.3, 0.4) is 0 Å². The van der Waals surface area contributed by atoms with E-state index in [2.05, 4.69) is 21.0 Å². The lowest BCUT2D eigenvalue weighted by atomic mass is 9.91. The zero-order valence-electron chi connectivity index (χ0n) is 13.7. The van der Waals surface area contributed by atoms with Crippen LogP contribution in [0.25, 0.3) is 11.1 Å². The highest BCUT2D eigenvalue weighted by Crippen LogP contribution is 2.40. The van der Waals surface area contributed by atoms with Gasteiger partial charge in [-0.1, -0.05) is 18.2 Å². The quantitative estimate of drug-likeness (QED) is 0.598. The Labute approximate surface area is 144 Å². The van der Waals surface area contributed by atoms with Crippen LogP contribution in [-0.2, 0) is 28.1 Å². The third-order valence-corrected chi connectivity index (χ3v) is 4.92. The summed E-state index contributed by atoms with van der Waals surface area (Å²) in [5.41, 5.74) is 3.04. The summed E-state index contributed by atoms with van der Waals surface area (Å²) >= 11 is 0. The van der Waals surface area contributed by atoms with Crippen molar-refractivity contribution in [2.24, 2.45) is 0 Å². The van der Waals surface area contributed by atoms with Crippen molar-refractivity contribution in [1.29, 1.82) is 0 Å². The van der Waals surface area contributed by atoms with Crippen molar-refractivity contribution in [2.75, 3.05) is 7.05 Å². The van der Waals surface area contributed by atoms with Crippen molar-refractivity contribution >= 4 is 11.8 Å². The van der Waals surface area contributed by atoms with Crippen molar-refractivity contribution in [3.8, 4) is 11.1 Å². The highest BCUT2D eigenvalue weighted by atomic mass is 16.3. The first kappa shape index (κ1) is 15.8. The van der Waals surface area contributed by atoms with Crippen LogP contribution in [0, 0.1) is 0 Å². The SMILES string of the molecule is CNC(=O)Cn1cc(-c2ccc3c(c2)CCC32NC(O)NC2=O)cn1. The number of nitrogens with one attached hydrogen (secondary N) is 3. The van der Waals surface area contributed by atoms with Gasteiger partial charge in [0.05, 0.1) is 6.20 Å². The molecule has 25 heavy (non-hydrogen) atoms. The monoisotopic (exact) mass is 341 g/mol. The number of carbonyl (C=O) groups excluding carboxylic acids is 2. The molecule has 0 radical (unpaired) electrons. The Morgan fingerprint density at radius 3 is 3.04 bits per heavy atom. The van der Waals surface area contributed by atoms with Crippen LogP contribution in [0.15, 0.2) is 30.6 Å². The minimum Gasteiger partial charge on any atom is -0.361 e. The van der Waals surface area contributed by atoms with E-state index in [0.29, 0.717) is 6.42 Å². The molecule has 130 valence electrons. The van der Waals surface area contributed by atoms with Crippen molar-refractivity contribution in [3.63, 3.8) is 0 Å². The predicted octanol–water partition coefficient (Wildman–Crippen LogP) is -0.567. The topological polar surface area (TPSA) is 108 Å². The summed E-state index contributed by atoms with van der Waals surface area (Å²) in [4.78, 5) is 23.7. The molecule has 8 heteroatoms. The van der Waals surface area contributed by atoms with Crippen LogP contribution in [0.4, 0.5) is 0 Å². The summed E-state index contributed by atoms with van der Waals surface area (Å²) in [6, 6.07) is 5.91. The number of hydrogen-bond acceptors (Lipinski definition) is 5. The molecule has 0 bridgehead atoms. The molecule has 8 nitrogen and oxygen atoms in total. The van der Waals surface area contributed by atoms with Gasteiger partial charge in [-0.3, -0.25) is 19.6 Å². The van der Waals surface area contributed by atoms with E-state index >= 15 is 0 Å². The van der Waals surface area contributed by atoms with E-state index in [0.717, 1.165) is 28.7 Å². The van der Waals surface area contributed by atoms with Crippen molar-refractivity contribution < 1.29 is 14.7 Å². The normalized spacial score (nSPS) is 24.4. The highest BCUT2D eigenvalue weighted by molar-refractivity contribution is 5.91. The zero-order valence-corrected chi connectivity index (χ0v) is 13.7. The minimum absolute atomic E-state index is 0.109. The van der Waals surface area contributed by atoms with E-state index in [4.69, 9.17) is 0 Å². The first-order valence-electron chi connectivity index (χ1n) is 8.15. The van der Waals surface area contributed by atoms with Crippen LogP contribution in [0.2, 0.25) is 0 Å². The molecule has 2 unspecified atom stereocenters. The molecule has 1 aromatic carbocycles. The Bertz CT molecular complexity index is 862. The standard InChI is InChI=1S/C17H19N5O3/c1-18-14(23)9-22-8-12(7-19-22)10-2-3-13-11(6-10)4-5-17(13)15(24)20-16(25)21-17/h2-3,6-8,16,21,25H,4-5,9H2,1H3,(H,18,23)(H,20,24). The fourth-order valence-corrected chi connectivity index (χ4v) is 3.65. The minimum atomic E-state index is -1.01. The fraction of sp³-hybridized carbons (Fsp3) is 0.353. The molecule has 2 atom stereocenters. The lowest BCUT2D eigenvalue weighted by Crippen LogP contribution is -2.42. The Balaban J connectivity index is 1.63. The van der Waals surface area contributed by atoms with Crippen LogP contribution in [0.5, 0.6) is 0 Å². The Morgan fingerprint density at radius 2 is 2.32 bits per heavy atom. The molecule has 4 N–H and O–H groups in total. The Morgan fingerprint density at radius 1 is 1.48 bits per heavy atom. The molecule has 4 rings (SSSR count). The number of aryl methyl sites for hydroxylation is 1. The number of hydrogen-bond donors (Lipinski definition) is 4. The summed E-state index contributed by atoms with van der Waals surface area (Å²) in [6.07, 6.45) is 3.90. The molecular weight excluding hydrogens is 322 g/mol. The van der Waals surface area contributed by atoms with Crippen LogP contribution in [0.1, 0.15) is 17.5 Å². The molecule has 2 amide bonds. The second-order valence-corrected chi connectivity index (χ2v) is 6.40. The van der Waals surface area contributed by atoms with Gasteiger partial charge in [0.1, 0.15) is 12.1 Å². The van der Waals surface area contributed by atoms with Crippen molar-refractivity contribution in [2.45, 2.75) is 31.3 Å². The summed E-state index contributed by atoms with van der Waals surface area (Å²) in [5.74, 6) is -0.299. The smallest absolute Gasteiger partial charge is 0.248 e. The molecule has 2 heterocycles. The average molecular weight is 341 g/mol. The number of aromatic nitrogens is 2. The largest absolute Gasteiger partial charge is 0.361 e.